The van der Waals surface area contributed by atoms with Gasteiger partial charge in [0, 0.05) is 66.1 Å². The van der Waals surface area contributed by atoms with Gasteiger partial charge in [-0.2, -0.15) is 0 Å². The van der Waals surface area contributed by atoms with Gasteiger partial charge in [-0.05, 0) is 0 Å². The number of carboxylic acids is 4. The van der Waals surface area contributed by atoms with Crippen LogP contribution in [0.25, 0.3) is 89.7 Å². The molecule has 0 aliphatic carbocycles. The van der Waals surface area contributed by atoms with Crippen LogP contribution in [0, 0.1) is 0 Å². The van der Waals surface area contributed by atoms with E-state index in [1.807, 2.05) is 24.3 Å². The van der Waals surface area contributed by atoms with Crippen molar-refractivity contribution in [3.05, 3.63) is 95.1 Å². The van der Waals surface area contributed by atoms with Crippen molar-refractivity contribution >= 4 is 68.0 Å². The van der Waals surface area contributed by atoms with Crippen LogP contribution in [0.4, 0.5) is 0 Å². The summed E-state index contributed by atoms with van der Waals surface area (Å²) in [6.45, 7) is 0. The second-order valence-electron chi connectivity index (χ2n) is 11.6. The van der Waals surface area contributed by atoms with Crippen LogP contribution in [-0.4, -0.2) is 63.7 Å². The molecule has 2 aliphatic rings. The molecular formula is C36H14N8O8Zn2. The fourth-order valence-corrected chi connectivity index (χ4v) is 6.72. The van der Waals surface area contributed by atoms with Crippen molar-refractivity contribution in [2.45, 2.75) is 0 Å². The summed E-state index contributed by atoms with van der Waals surface area (Å²) in [6.07, 6.45) is 0. The standard InChI is InChI=1S/C36H18N8O8.2Zn/c45-33(46)21-19-20(22(34(47)48)24(36(51)52)23(21)35(49)50)32-43-30-18-12-6-4-10-16(18)28(41-30)39-26-14-8-2-1-7-13(14)25(37-26)38-27-15-9-3-5-11-17(15)29(40-27)42-31(19)44-32;;/h1-12H,(H,45,46)(H,47,48)(H,49,50)(H,51,52)(H2,37,38,39,40,41,42,43,44);;/q;2*+2/p-4. The quantitative estimate of drug-likeness (QED) is 0.227. The number of hydrogen-bond acceptors (Lipinski definition) is 14. The number of aromatic carboxylic acids is 4. The minimum atomic E-state index is -2.34. The molecular weight excluding hydrogens is 803 g/mol. The SMILES string of the molecule is O=C([O-])c1c(C(=O)[O-])c(C(=O)[O-])c2c3nc4nc(nc5[nH]c(nc6nc(nc([nH]3)c2c1C(=O)[O-])-c1ccccc1-6)c1ccccc51)-c1ccccc1-4.[Zn+2].[Zn+2]. The molecule has 8 bridgehead atoms. The molecule has 16 nitrogen and oxygen atoms in total. The Morgan fingerprint density at radius 3 is 0.981 bits per heavy atom. The molecule has 54 heavy (non-hydrogen) atoms. The second kappa shape index (κ2) is 13.1. The molecule has 0 amide bonds. The molecule has 5 heterocycles. The van der Waals surface area contributed by atoms with Crippen LogP contribution in [0.5, 0.6) is 0 Å². The van der Waals surface area contributed by atoms with E-state index in [9.17, 15) is 39.6 Å². The van der Waals surface area contributed by atoms with Crippen molar-refractivity contribution in [1.29, 1.82) is 0 Å². The predicted molar refractivity (Wildman–Crippen MR) is 173 cm³/mol. The Labute approximate surface area is 325 Å². The third-order valence-corrected chi connectivity index (χ3v) is 8.81. The van der Waals surface area contributed by atoms with Gasteiger partial charge < -0.3 is 49.6 Å². The largest absolute Gasteiger partial charge is 2.00 e. The number of carbonyl (C=O) groups excluding carboxylic acids is 4. The summed E-state index contributed by atoms with van der Waals surface area (Å²) < 4.78 is 0. The number of rotatable bonds is 4. The molecule has 4 aromatic carbocycles. The molecule has 0 radical (unpaired) electrons. The number of H-pyrrole nitrogens is 2. The fourth-order valence-electron chi connectivity index (χ4n) is 6.72. The molecule has 250 valence electrons. The summed E-state index contributed by atoms with van der Waals surface area (Å²) in [5.74, 6) is -8.77. The normalized spacial score (nSPS) is 11.3. The number of carbonyl (C=O) groups is 4. The smallest absolute Gasteiger partial charge is 0.545 e. The van der Waals surface area contributed by atoms with Crippen LogP contribution in [0.1, 0.15) is 41.4 Å². The first-order valence-corrected chi connectivity index (χ1v) is 15.3. The van der Waals surface area contributed by atoms with E-state index in [0.29, 0.717) is 44.3 Å². The second-order valence-corrected chi connectivity index (χ2v) is 11.6. The van der Waals surface area contributed by atoms with E-state index < -0.39 is 68.2 Å². The molecule has 0 fully saturated rings. The van der Waals surface area contributed by atoms with Gasteiger partial charge in [0.25, 0.3) is 0 Å². The monoisotopic (exact) mass is 814 g/mol. The maximum Gasteiger partial charge on any atom is 2.00 e. The number of fused-ring (bicyclic) bond motifs is 20. The molecule has 3 aromatic heterocycles. The fraction of sp³-hybridized carbons (Fsp3) is 0. The first-order chi connectivity index (χ1) is 25.1. The molecule has 0 atom stereocenters. The molecule has 0 spiro atoms. The third-order valence-electron chi connectivity index (χ3n) is 8.81. The van der Waals surface area contributed by atoms with E-state index in [2.05, 4.69) is 29.9 Å². The number of hydrogen-bond donors (Lipinski definition) is 2. The van der Waals surface area contributed by atoms with Crippen LogP contribution < -0.4 is 20.4 Å². The number of carboxylic acid groups (broad SMARTS) is 4. The maximum atomic E-state index is 12.7. The molecule has 9 rings (SSSR count). The molecule has 2 aliphatic heterocycles. The van der Waals surface area contributed by atoms with E-state index >= 15 is 0 Å². The van der Waals surface area contributed by atoms with Crippen LogP contribution in [0.3, 0.4) is 0 Å². The van der Waals surface area contributed by atoms with Crippen molar-refractivity contribution in [1.82, 2.24) is 39.9 Å². The van der Waals surface area contributed by atoms with Gasteiger partial charge in [0.2, 0.25) is 0 Å². The van der Waals surface area contributed by atoms with Gasteiger partial charge in [-0.25, -0.2) is 29.9 Å². The van der Waals surface area contributed by atoms with E-state index in [4.69, 9.17) is 9.97 Å². The van der Waals surface area contributed by atoms with E-state index in [1.54, 1.807) is 48.5 Å². The topological polar surface area (TPSA) is 269 Å². The van der Waals surface area contributed by atoms with Gasteiger partial charge in [-0.3, -0.25) is 0 Å². The van der Waals surface area contributed by atoms with Crippen LogP contribution in [0.15, 0.2) is 72.8 Å². The minimum Gasteiger partial charge on any atom is -0.545 e. The maximum absolute atomic E-state index is 12.7. The minimum absolute atomic E-state index is 0. The van der Waals surface area contributed by atoms with E-state index in [1.165, 1.54) is 0 Å². The summed E-state index contributed by atoms with van der Waals surface area (Å²) >= 11 is 0. The van der Waals surface area contributed by atoms with Gasteiger partial charge in [0.05, 0.1) is 23.9 Å². The Kier molecular flexibility index (Phi) is 8.67. The Bertz CT molecular complexity index is 2820. The molecule has 0 saturated carbocycles. The average molecular weight is 817 g/mol. The van der Waals surface area contributed by atoms with Crippen molar-refractivity contribution < 1.29 is 78.6 Å². The summed E-state index contributed by atoms with van der Waals surface area (Å²) in [5.41, 5.74) is -3.81. The van der Waals surface area contributed by atoms with Gasteiger partial charge >= 0.3 is 39.0 Å². The van der Waals surface area contributed by atoms with E-state index in [-0.39, 0.29) is 62.3 Å². The molecule has 7 aromatic rings. The first kappa shape index (κ1) is 35.8. The van der Waals surface area contributed by atoms with Crippen LogP contribution >= 0.6 is 0 Å². The van der Waals surface area contributed by atoms with Gasteiger partial charge in [0.1, 0.15) is 22.6 Å². The van der Waals surface area contributed by atoms with Crippen LogP contribution in [0.2, 0.25) is 0 Å². The zero-order valence-electron chi connectivity index (χ0n) is 27.3. The summed E-state index contributed by atoms with van der Waals surface area (Å²) in [6, 6.07) is 21.0. The summed E-state index contributed by atoms with van der Waals surface area (Å²) in [4.78, 5) is 84.3. The molecule has 2 N–H and O–H groups in total. The predicted octanol–water partition coefficient (Wildman–Crippen LogP) is 0.318. The summed E-state index contributed by atoms with van der Waals surface area (Å²) in [7, 11) is 0. The molecule has 18 heteroatoms. The average Bonchev–Trinajstić information content (AvgIpc) is 3.86. The third kappa shape index (κ3) is 5.25. The molecule has 0 saturated heterocycles. The number of aromatic amines is 2. The van der Waals surface area contributed by atoms with Crippen molar-refractivity contribution in [3.8, 4) is 45.6 Å². The Morgan fingerprint density at radius 1 is 0.389 bits per heavy atom. The number of nitrogens with one attached hydrogen (secondary N) is 2. The number of benzene rings is 4. The van der Waals surface area contributed by atoms with Crippen molar-refractivity contribution in [2.24, 2.45) is 0 Å². The van der Waals surface area contributed by atoms with Gasteiger partial charge in [-0.15, -0.1) is 0 Å². The van der Waals surface area contributed by atoms with Gasteiger partial charge in [0.15, 0.2) is 23.3 Å². The van der Waals surface area contributed by atoms with Crippen molar-refractivity contribution in [2.75, 3.05) is 0 Å². The van der Waals surface area contributed by atoms with Gasteiger partial charge in [-0.1, -0.05) is 72.8 Å². The molecule has 0 unspecified atom stereocenters. The van der Waals surface area contributed by atoms with E-state index in [0.717, 1.165) is 0 Å². The number of nitrogens with zero attached hydrogens (tertiary/aromatic N) is 6. The summed E-state index contributed by atoms with van der Waals surface area (Å²) in [5, 5.41) is 50.3. The van der Waals surface area contributed by atoms with Crippen molar-refractivity contribution in [3.63, 3.8) is 0 Å². The Hall–Kier alpha value is -6.63. The zero-order valence-corrected chi connectivity index (χ0v) is 33.2. The zero-order chi connectivity index (χ0) is 36.0. The number of aromatic nitrogens is 8. The Balaban J connectivity index is 0.00000225. The Morgan fingerprint density at radius 2 is 0.667 bits per heavy atom. The first-order valence-electron chi connectivity index (χ1n) is 15.3. The van der Waals surface area contributed by atoms with Crippen LogP contribution in [-0.2, 0) is 39.0 Å².